The first-order valence-electron chi connectivity index (χ1n) is 7.80. The maximum atomic E-state index is 11.9. The molecule has 0 aromatic heterocycles. The number of likely N-dealkylation sites (tertiary alicyclic amines) is 1. The van der Waals surface area contributed by atoms with Gasteiger partial charge in [-0.05, 0) is 66.1 Å². The zero-order valence-corrected chi connectivity index (χ0v) is 13.0. The van der Waals surface area contributed by atoms with Crippen molar-refractivity contribution in [2.45, 2.75) is 52.0 Å². The summed E-state index contributed by atoms with van der Waals surface area (Å²) < 4.78 is 0. The normalized spacial score (nSPS) is 16.4. The van der Waals surface area contributed by atoms with Crippen LogP contribution in [0.2, 0.25) is 0 Å². The summed E-state index contributed by atoms with van der Waals surface area (Å²) in [6.07, 6.45) is 5.96. The molecule has 112 valence electrons. The lowest BCUT2D eigenvalue weighted by molar-refractivity contribution is -0.131. The van der Waals surface area contributed by atoms with Crippen molar-refractivity contribution in [2.75, 3.05) is 39.8 Å². The first kappa shape index (κ1) is 16.4. The van der Waals surface area contributed by atoms with Gasteiger partial charge in [0.1, 0.15) is 0 Å². The van der Waals surface area contributed by atoms with Crippen molar-refractivity contribution >= 4 is 5.91 Å². The summed E-state index contributed by atoms with van der Waals surface area (Å²) in [5, 5.41) is 3.28. The summed E-state index contributed by atoms with van der Waals surface area (Å²) in [6, 6.07) is 0.619. The van der Waals surface area contributed by atoms with Crippen LogP contribution >= 0.6 is 0 Å². The molecule has 0 bridgehead atoms. The third kappa shape index (κ3) is 6.92. The van der Waals surface area contributed by atoms with E-state index in [1.165, 1.54) is 25.7 Å². The molecule has 0 aromatic carbocycles. The van der Waals surface area contributed by atoms with E-state index in [1.807, 2.05) is 4.90 Å². The Kier molecular flexibility index (Phi) is 8.07. The number of hydrogen-bond donors (Lipinski definition) is 1. The molecule has 0 radical (unpaired) electrons. The van der Waals surface area contributed by atoms with E-state index < -0.39 is 0 Å². The smallest absolute Gasteiger partial charge is 0.236 e. The van der Waals surface area contributed by atoms with Crippen molar-refractivity contribution < 1.29 is 4.79 Å². The van der Waals surface area contributed by atoms with Crippen molar-refractivity contribution in [1.82, 2.24) is 15.1 Å². The summed E-state index contributed by atoms with van der Waals surface area (Å²) >= 11 is 0. The number of hydrogen-bond acceptors (Lipinski definition) is 3. The molecule has 0 unspecified atom stereocenters. The van der Waals surface area contributed by atoms with E-state index in [9.17, 15) is 4.79 Å². The van der Waals surface area contributed by atoms with Crippen LogP contribution in [0, 0.1) is 0 Å². The van der Waals surface area contributed by atoms with Gasteiger partial charge in [0.2, 0.25) is 5.91 Å². The van der Waals surface area contributed by atoms with Crippen LogP contribution in [0.5, 0.6) is 0 Å². The van der Waals surface area contributed by atoms with E-state index in [1.54, 1.807) is 0 Å². The Morgan fingerprint density at radius 3 is 2.53 bits per heavy atom. The van der Waals surface area contributed by atoms with E-state index in [0.29, 0.717) is 12.6 Å². The number of rotatable bonds is 8. The minimum absolute atomic E-state index is 0.277. The third-order valence-corrected chi connectivity index (χ3v) is 3.98. The number of nitrogens with zero attached hydrogens (tertiary/aromatic N) is 2. The summed E-state index contributed by atoms with van der Waals surface area (Å²) in [4.78, 5) is 16.2. The number of amides is 1. The first-order chi connectivity index (χ1) is 9.11. The van der Waals surface area contributed by atoms with Crippen LogP contribution in [0.25, 0.3) is 0 Å². The summed E-state index contributed by atoms with van der Waals surface area (Å²) in [5.74, 6) is 0.277. The van der Waals surface area contributed by atoms with Gasteiger partial charge in [0, 0.05) is 19.1 Å². The lowest BCUT2D eigenvalue weighted by atomic mass is 10.1. The van der Waals surface area contributed by atoms with Crippen LogP contribution in [0.1, 0.15) is 46.0 Å². The lowest BCUT2D eigenvalue weighted by Crippen LogP contribution is -2.41. The van der Waals surface area contributed by atoms with Gasteiger partial charge < -0.3 is 15.1 Å². The Bertz CT molecular complexity index is 250. The Hall–Kier alpha value is -0.610. The van der Waals surface area contributed by atoms with Crippen molar-refractivity contribution in [3.05, 3.63) is 0 Å². The van der Waals surface area contributed by atoms with Gasteiger partial charge in [-0.1, -0.05) is 0 Å². The summed E-state index contributed by atoms with van der Waals surface area (Å²) in [6.45, 7) is 8.95. The molecule has 1 saturated heterocycles. The average Bonchev–Trinajstić information content (AvgIpc) is 2.42. The van der Waals surface area contributed by atoms with E-state index >= 15 is 0 Å². The van der Waals surface area contributed by atoms with Gasteiger partial charge in [0.05, 0.1) is 6.54 Å². The lowest BCUT2D eigenvalue weighted by Gasteiger charge is -2.26. The molecule has 4 heteroatoms. The molecule has 4 nitrogen and oxygen atoms in total. The standard InChI is InChI=1S/C15H31N3O/c1-14(2)17(3)10-8-5-9-16-13-15(19)18-11-6-4-7-12-18/h14,16H,4-13H2,1-3H3. The highest BCUT2D eigenvalue weighted by atomic mass is 16.2. The third-order valence-electron chi connectivity index (χ3n) is 3.98. The Balaban J connectivity index is 1.96. The average molecular weight is 269 g/mol. The monoisotopic (exact) mass is 269 g/mol. The molecular weight excluding hydrogens is 238 g/mol. The van der Waals surface area contributed by atoms with Crippen LogP contribution in [0.3, 0.4) is 0 Å². The minimum atomic E-state index is 0.277. The van der Waals surface area contributed by atoms with Gasteiger partial charge >= 0.3 is 0 Å². The van der Waals surface area contributed by atoms with Crippen LogP contribution in [0.15, 0.2) is 0 Å². The van der Waals surface area contributed by atoms with Gasteiger partial charge in [-0.25, -0.2) is 0 Å². The second kappa shape index (κ2) is 9.32. The van der Waals surface area contributed by atoms with E-state index in [0.717, 1.165) is 32.6 Å². The summed E-state index contributed by atoms with van der Waals surface area (Å²) in [7, 11) is 2.16. The topological polar surface area (TPSA) is 35.6 Å². The first-order valence-corrected chi connectivity index (χ1v) is 7.80. The molecule has 1 aliphatic heterocycles. The van der Waals surface area contributed by atoms with E-state index in [4.69, 9.17) is 0 Å². The van der Waals surface area contributed by atoms with Gasteiger partial charge in [0.15, 0.2) is 0 Å². The number of carbonyl (C=O) groups is 1. The molecule has 1 heterocycles. The van der Waals surface area contributed by atoms with Crippen molar-refractivity contribution in [2.24, 2.45) is 0 Å². The molecule has 0 aliphatic carbocycles. The SMILES string of the molecule is CC(C)N(C)CCCCNCC(=O)N1CCCCC1. The molecule has 0 spiro atoms. The maximum Gasteiger partial charge on any atom is 0.236 e. The molecule has 0 saturated carbocycles. The van der Waals surface area contributed by atoms with Gasteiger partial charge in [-0.3, -0.25) is 4.79 Å². The van der Waals surface area contributed by atoms with Crippen LogP contribution in [-0.4, -0.2) is 61.5 Å². The highest BCUT2D eigenvalue weighted by molar-refractivity contribution is 5.78. The van der Waals surface area contributed by atoms with Crippen LogP contribution in [-0.2, 0) is 4.79 Å². The predicted molar refractivity (Wildman–Crippen MR) is 80.3 cm³/mol. The molecule has 1 N–H and O–H groups in total. The number of nitrogens with one attached hydrogen (secondary N) is 1. The number of piperidine rings is 1. The van der Waals surface area contributed by atoms with Crippen molar-refractivity contribution in [1.29, 1.82) is 0 Å². The molecule has 19 heavy (non-hydrogen) atoms. The fraction of sp³-hybridized carbons (Fsp3) is 0.933. The quantitative estimate of drug-likeness (QED) is 0.681. The number of carbonyl (C=O) groups excluding carboxylic acids is 1. The maximum absolute atomic E-state index is 11.9. The zero-order valence-electron chi connectivity index (χ0n) is 13.0. The largest absolute Gasteiger partial charge is 0.342 e. The molecule has 1 fully saturated rings. The van der Waals surface area contributed by atoms with E-state index in [-0.39, 0.29) is 5.91 Å². The molecular formula is C15H31N3O. The van der Waals surface area contributed by atoms with Crippen molar-refractivity contribution in [3.63, 3.8) is 0 Å². The van der Waals surface area contributed by atoms with Crippen LogP contribution in [0.4, 0.5) is 0 Å². The molecule has 1 rings (SSSR count). The Labute approximate surface area is 118 Å². The number of unbranched alkanes of at least 4 members (excludes halogenated alkanes) is 1. The predicted octanol–water partition coefficient (Wildman–Crippen LogP) is 1.71. The second-order valence-corrected chi connectivity index (χ2v) is 5.90. The fourth-order valence-corrected chi connectivity index (χ4v) is 2.32. The molecule has 1 amide bonds. The zero-order chi connectivity index (χ0) is 14.1. The van der Waals surface area contributed by atoms with Gasteiger partial charge in [0.25, 0.3) is 0 Å². The molecule has 1 aliphatic rings. The van der Waals surface area contributed by atoms with Gasteiger partial charge in [-0.15, -0.1) is 0 Å². The molecule has 0 atom stereocenters. The van der Waals surface area contributed by atoms with E-state index in [2.05, 4.69) is 31.1 Å². The second-order valence-electron chi connectivity index (χ2n) is 5.90. The minimum Gasteiger partial charge on any atom is -0.342 e. The molecule has 0 aromatic rings. The van der Waals surface area contributed by atoms with Crippen LogP contribution < -0.4 is 5.32 Å². The Morgan fingerprint density at radius 1 is 1.21 bits per heavy atom. The Morgan fingerprint density at radius 2 is 1.89 bits per heavy atom. The highest BCUT2D eigenvalue weighted by Crippen LogP contribution is 2.08. The van der Waals surface area contributed by atoms with Crippen molar-refractivity contribution in [3.8, 4) is 0 Å². The summed E-state index contributed by atoms with van der Waals surface area (Å²) in [5.41, 5.74) is 0. The van der Waals surface area contributed by atoms with Gasteiger partial charge in [-0.2, -0.15) is 0 Å². The highest BCUT2D eigenvalue weighted by Gasteiger charge is 2.15. The fourth-order valence-electron chi connectivity index (χ4n) is 2.32.